The van der Waals surface area contributed by atoms with E-state index >= 15 is 0 Å². The van der Waals surface area contributed by atoms with Gasteiger partial charge >= 0.3 is 0 Å². The molecule has 150 valence electrons. The van der Waals surface area contributed by atoms with Gasteiger partial charge in [-0.15, -0.1) is 0 Å². The molecule has 3 heteroatoms. The Kier molecular flexibility index (Phi) is 4.93. The van der Waals surface area contributed by atoms with Gasteiger partial charge < -0.3 is 4.90 Å². The van der Waals surface area contributed by atoms with Gasteiger partial charge in [0.2, 0.25) is 0 Å². The number of anilines is 3. The molecule has 0 aliphatic rings. The van der Waals surface area contributed by atoms with Crippen molar-refractivity contribution in [1.82, 2.24) is 0 Å². The first kappa shape index (κ1) is 19.0. The Morgan fingerprint density at radius 3 is 1.52 bits per heavy atom. The van der Waals surface area contributed by atoms with Gasteiger partial charge in [0.1, 0.15) is 11.6 Å². The van der Waals surface area contributed by atoms with Crippen LogP contribution >= 0.6 is 0 Å². The first-order valence-electron chi connectivity index (χ1n) is 10.1. The van der Waals surface area contributed by atoms with Gasteiger partial charge in [0, 0.05) is 16.9 Å². The number of fused-ring (bicyclic) bond motifs is 1. The van der Waals surface area contributed by atoms with Gasteiger partial charge in [0.05, 0.1) is 5.69 Å². The number of rotatable bonds is 4. The van der Waals surface area contributed by atoms with Crippen molar-refractivity contribution in [3.63, 3.8) is 0 Å². The lowest BCUT2D eigenvalue weighted by Crippen LogP contribution is -2.11. The maximum absolute atomic E-state index is 13.7. The fraction of sp³-hybridized carbons (Fsp3) is 0. The maximum atomic E-state index is 13.7. The van der Waals surface area contributed by atoms with E-state index in [-0.39, 0.29) is 11.6 Å². The van der Waals surface area contributed by atoms with Gasteiger partial charge in [-0.3, -0.25) is 0 Å². The molecule has 0 radical (unpaired) electrons. The Balaban J connectivity index is 1.81. The van der Waals surface area contributed by atoms with E-state index in [0.717, 1.165) is 39.0 Å². The summed E-state index contributed by atoms with van der Waals surface area (Å²) < 4.78 is 27.4. The third-order valence-corrected chi connectivity index (χ3v) is 5.36. The van der Waals surface area contributed by atoms with Crippen LogP contribution in [0, 0.1) is 11.6 Å². The molecule has 5 aromatic rings. The smallest absolute Gasteiger partial charge is 0.123 e. The standard InChI is InChI=1S/C28H19F2N/c29-23-10-14-25(15-11-23)31(26-16-12-24(30)13-17-26)28-19-22-9-5-4-8-21(22)18-27(28)20-6-2-1-3-7-20/h1-19H. The molecule has 1 nitrogen and oxygen atoms in total. The third kappa shape index (κ3) is 3.78. The summed E-state index contributed by atoms with van der Waals surface area (Å²) in [6.07, 6.45) is 0. The predicted octanol–water partition coefficient (Wildman–Crippen LogP) is 8.25. The summed E-state index contributed by atoms with van der Waals surface area (Å²) in [5.41, 5.74) is 4.62. The summed E-state index contributed by atoms with van der Waals surface area (Å²) in [4.78, 5) is 2.04. The Morgan fingerprint density at radius 1 is 0.484 bits per heavy atom. The fourth-order valence-corrected chi connectivity index (χ4v) is 3.87. The highest BCUT2D eigenvalue weighted by Crippen LogP contribution is 2.42. The first-order chi connectivity index (χ1) is 15.2. The minimum absolute atomic E-state index is 0.301. The van der Waals surface area contributed by atoms with Crippen molar-refractivity contribution in [1.29, 1.82) is 0 Å². The lowest BCUT2D eigenvalue weighted by molar-refractivity contribution is 0.628. The SMILES string of the molecule is Fc1ccc(N(c2ccc(F)cc2)c2cc3ccccc3cc2-c2ccccc2)cc1. The highest BCUT2D eigenvalue weighted by atomic mass is 19.1. The lowest BCUT2D eigenvalue weighted by Gasteiger charge is -2.28. The van der Waals surface area contributed by atoms with Crippen molar-refractivity contribution in [2.45, 2.75) is 0 Å². The average molecular weight is 407 g/mol. The van der Waals surface area contributed by atoms with E-state index in [9.17, 15) is 8.78 Å². The number of hydrogen-bond donors (Lipinski definition) is 0. The number of halogens is 2. The molecule has 0 saturated carbocycles. The number of nitrogens with zero attached hydrogens (tertiary/aromatic N) is 1. The lowest BCUT2D eigenvalue weighted by atomic mass is 9.97. The third-order valence-electron chi connectivity index (χ3n) is 5.36. The molecule has 0 aromatic heterocycles. The molecule has 0 aliphatic carbocycles. The molecule has 0 heterocycles. The Labute approximate surface area is 179 Å². The molecule has 0 saturated heterocycles. The van der Waals surface area contributed by atoms with E-state index in [1.807, 2.05) is 35.2 Å². The molecule has 0 N–H and O–H groups in total. The van der Waals surface area contributed by atoms with Crippen molar-refractivity contribution < 1.29 is 8.78 Å². The average Bonchev–Trinajstić information content (AvgIpc) is 2.82. The molecule has 0 atom stereocenters. The van der Waals surface area contributed by atoms with E-state index in [1.54, 1.807) is 24.3 Å². The largest absolute Gasteiger partial charge is 0.310 e. The summed E-state index contributed by atoms with van der Waals surface area (Å²) in [7, 11) is 0. The second-order valence-electron chi connectivity index (χ2n) is 7.37. The molecule has 0 fully saturated rings. The minimum Gasteiger partial charge on any atom is -0.310 e. The maximum Gasteiger partial charge on any atom is 0.123 e. The van der Waals surface area contributed by atoms with E-state index in [2.05, 4.69) is 36.4 Å². The molecule has 0 bridgehead atoms. The van der Waals surface area contributed by atoms with Crippen LogP contribution in [0.1, 0.15) is 0 Å². The van der Waals surface area contributed by atoms with Crippen LogP contribution in [0.25, 0.3) is 21.9 Å². The van der Waals surface area contributed by atoms with Crippen molar-refractivity contribution in [2.75, 3.05) is 4.90 Å². The second-order valence-corrected chi connectivity index (χ2v) is 7.37. The topological polar surface area (TPSA) is 3.24 Å². The van der Waals surface area contributed by atoms with Gasteiger partial charge in [-0.25, -0.2) is 8.78 Å². The molecule has 5 rings (SSSR count). The van der Waals surface area contributed by atoms with Crippen molar-refractivity contribution in [3.8, 4) is 11.1 Å². The molecule has 0 aliphatic heterocycles. The highest BCUT2D eigenvalue weighted by Gasteiger charge is 2.18. The Bertz CT molecular complexity index is 1280. The Hall–Kier alpha value is -3.98. The summed E-state index contributed by atoms with van der Waals surface area (Å²) >= 11 is 0. The van der Waals surface area contributed by atoms with Crippen molar-refractivity contribution in [3.05, 3.63) is 127 Å². The van der Waals surface area contributed by atoms with Crippen LogP contribution in [0.3, 0.4) is 0 Å². The Morgan fingerprint density at radius 2 is 0.968 bits per heavy atom. The van der Waals surface area contributed by atoms with Crippen LogP contribution < -0.4 is 4.90 Å². The van der Waals surface area contributed by atoms with Crippen molar-refractivity contribution >= 4 is 27.8 Å². The molecule has 31 heavy (non-hydrogen) atoms. The van der Waals surface area contributed by atoms with Crippen LogP contribution in [0.4, 0.5) is 25.8 Å². The van der Waals surface area contributed by atoms with E-state index in [1.165, 1.54) is 24.3 Å². The molecule has 0 spiro atoms. The van der Waals surface area contributed by atoms with E-state index in [4.69, 9.17) is 0 Å². The quantitative estimate of drug-likeness (QED) is 0.290. The highest BCUT2D eigenvalue weighted by molar-refractivity contribution is 5.98. The number of hydrogen-bond acceptors (Lipinski definition) is 1. The van der Waals surface area contributed by atoms with Crippen LogP contribution in [0.2, 0.25) is 0 Å². The summed E-state index contributed by atoms with van der Waals surface area (Å²) in [6, 6.07) is 35.3. The second kappa shape index (κ2) is 8.04. The summed E-state index contributed by atoms with van der Waals surface area (Å²) in [6.45, 7) is 0. The van der Waals surface area contributed by atoms with Gasteiger partial charge in [0.25, 0.3) is 0 Å². The molecule has 0 amide bonds. The fourth-order valence-electron chi connectivity index (χ4n) is 3.87. The van der Waals surface area contributed by atoms with E-state index < -0.39 is 0 Å². The van der Waals surface area contributed by atoms with Gasteiger partial charge in [-0.05, 0) is 77.0 Å². The molecule has 0 unspecified atom stereocenters. The van der Waals surface area contributed by atoms with Crippen LogP contribution in [-0.2, 0) is 0 Å². The van der Waals surface area contributed by atoms with Crippen molar-refractivity contribution in [2.24, 2.45) is 0 Å². The predicted molar refractivity (Wildman–Crippen MR) is 124 cm³/mol. The zero-order valence-corrected chi connectivity index (χ0v) is 16.7. The molecular weight excluding hydrogens is 388 g/mol. The molecule has 5 aromatic carbocycles. The molecular formula is C28H19F2N. The minimum atomic E-state index is -0.301. The van der Waals surface area contributed by atoms with Gasteiger partial charge in [-0.2, -0.15) is 0 Å². The van der Waals surface area contributed by atoms with Gasteiger partial charge in [0.15, 0.2) is 0 Å². The zero-order chi connectivity index (χ0) is 21.2. The van der Waals surface area contributed by atoms with Crippen LogP contribution in [0.5, 0.6) is 0 Å². The van der Waals surface area contributed by atoms with Gasteiger partial charge in [-0.1, -0.05) is 54.6 Å². The van der Waals surface area contributed by atoms with Crippen LogP contribution in [-0.4, -0.2) is 0 Å². The summed E-state index contributed by atoms with van der Waals surface area (Å²) in [5, 5.41) is 2.22. The first-order valence-corrected chi connectivity index (χ1v) is 10.1. The zero-order valence-electron chi connectivity index (χ0n) is 16.7. The number of benzene rings is 5. The van der Waals surface area contributed by atoms with Crippen LogP contribution in [0.15, 0.2) is 115 Å². The monoisotopic (exact) mass is 407 g/mol. The van der Waals surface area contributed by atoms with E-state index in [0.29, 0.717) is 0 Å². The summed E-state index contributed by atoms with van der Waals surface area (Å²) in [5.74, 6) is -0.603. The normalized spacial score (nSPS) is 10.9.